The molecule has 0 fully saturated rings. The summed E-state index contributed by atoms with van der Waals surface area (Å²) in [5.41, 5.74) is 0. The van der Waals surface area contributed by atoms with Crippen LogP contribution in [0.1, 0.15) is 356 Å². The molecule has 416 valence electrons. The first-order valence-electron chi connectivity index (χ1n) is 31.6. The van der Waals surface area contributed by atoms with E-state index >= 15 is 0 Å². The fraction of sp³-hybridized carbons (Fsp3) is 0.953. The number of esters is 3. The highest BCUT2D eigenvalue weighted by atomic mass is 16.6. The minimum absolute atomic E-state index is 0.0629. The quantitative estimate of drug-likeness (QED) is 0.0343. The van der Waals surface area contributed by atoms with Crippen molar-refractivity contribution in [2.75, 3.05) is 13.2 Å². The number of hydrogen-bond acceptors (Lipinski definition) is 6. The van der Waals surface area contributed by atoms with E-state index in [2.05, 4.69) is 41.5 Å². The molecule has 0 aliphatic rings. The average molecular weight is 990 g/mol. The Hall–Kier alpha value is -1.59. The third-order valence-corrected chi connectivity index (χ3v) is 15.0. The van der Waals surface area contributed by atoms with Crippen LogP contribution >= 0.6 is 0 Å². The molecule has 0 radical (unpaired) electrons. The van der Waals surface area contributed by atoms with Crippen molar-refractivity contribution in [3.05, 3.63) is 0 Å². The molecule has 0 spiro atoms. The molecule has 0 rings (SSSR count). The standard InChI is InChI=1S/C64H124O6/c1-7-60(6)52-46-40-34-28-24-25-30-36-42-48-54-63(66)69-57-61(56-68-62(65)53-47-41-35-29-22-18-15-14-17-21-27-33-39-45-51-59(4)5)70-64(67)55-49-43-37-31-23-19-13-11-9-8-10-12-16-20-26-32-38-44-50-58(2)3/h58-61H,7-57H2,1-6H3/t60?,61-/m1/s1. The van der Waals surface area contributed by atoms with E-state index in [1.165, 1.54) is 238 Å². The van der Waals surface area contributed by atoms with E-state index in [4.69, 9.17) is 14.2 Å². The molecular formula is C64H124O6. The van der Waals surface area contributed by atoms with Crippen LogP contribution in [0.3, 0.4) is 0 Å². The lowest BCUT2D eigenvalue weighted by Crippen LogP contribution is -2.30. The second-order valence-electron chi connectivity index (χ2n) is 23.2. The molecule has 6 heteroatoms. The molecule has 0 aromatic rings. The third kappa shape index (κ3) is 55.7. The second kappa shape index (κ2) is 55.2. The molecule has 0 aliphatic carbocycles. The molecule has 0 aliphatic heterocycles. The molecule has 0 aromatic carbocycles. The van der Waals surface area contributed by atoms with Crippen molar-refractivity contribution in [3.8, 4) is 0 Å². The van der Waals surface area contributed by atoms with E-state index in [0.29, 0.717) is 19.3 Å². The van der Waals surface area contributed by atoms with Crippen LogP contribution in [0, 0.1) is 17.8 Å². The monoisotopic (exact) mass is 989 g/mol. The first kappa shape index (κ1) is 68.4. The summed E-state index contributed by atoms with van der Waals surface area (Å²) in [4.78, 5) is 38.3. The summed E-state index contributed by atoms with van der Waals surface area (Å²) in [5, 5.41) is 0. The van der Waals surface area contributed by atoms with Gasteiger partial charge in [-0.25, -0.2) is 0 Å². The first-order valence-corrected chi connectivity index (χ1v) is 31.6. The van der Waals surface area contributed by atoms with Gasteiger partial charge in [-0.15, -0.1) is 0 Å². The van der Waals surface area contributed by atoms with Gasteiger partial charge in [0.1, 0.15) is 13.2 Å². The van der Waals surface area contributed by atoms with Gasteiger partial charge in [0.25, 0.3) is 0 Å². The Kier molecular flexibility index (Phi) is 53.9. The summed E-state index contributed by atoms with van der Waals surface area (Å²) >= 11 is 0. The molecule has 2 atom stereocenters. The van der Waals surface area contributed by atoms with Gasteiger partial charge < -0.3 is 14.2 Å². The Morgan fingerprint density at radius 3 is 0.743 bits per heavy atom. The summed E-state index contributed by atoms with van der Waals surface area (Å²) < 4.78 is 17.0. The van der Waals surface area contributed by atoms with Gasteiger partial charge in [-0.3, -0.25) is 14.4 Å². The fourth-order valence-electron chi connectivity index (χ4n) is 9.85. The van der Waals surface area contributed by atoms with Crippen LogP contribution in [0.5, 0.6) is 0 Å². The zero-order chi connectivity index (χ0) is 51.2. The second-order valence-corrected chi connectivity index (χ2v) is 23.2. The topological polar surface area (TPSA) is 78.9 Å². The van der Waals surface area contributed by atoms with Gasteiger partial charge in [0, 0.05) is 19.3 Å². The molecule has 0 N–H and O–H groups in total. The van der Waals surface area contributed by atoms with Crippen LogP contribution in [-0.2, 0) is 28.6 Å². The third-order valence-electron chi connectivity index (χ3n) is 15.0. The number of ether oxygens (including phenoxy) is 3. The van der Waals surface area contributed by atoms with Gasteiger partial charge in [-0.2, -0.15) is 0 Å². The van der Waals surface area contributed by atoms with Gasteiger partial charge in [0.15, 0.2) is 6.10 Å². The van der Waals surface area contributed by atoms with Crippen molar-refractivity contribution in [3.63, 3.8) is 0 Å². The van der Waals surface area contributed by atoms with E-state index in [9.17, 15) is 14.4 Å². The minimum atomic E-state index is -0.764. The zero-order valence-corrected chi connectivity index (χ0v) is 48.3. The number of hydrogen-bond donors (Lipinski definition) is 0. The van der Waals surface area contributed by atoms with Gasteiger partial charge >= 0.3 is 17.9 Å². The molecule has 0 aromatic heterocycles. The maximum absolute atomic E-state index is 12.9. The Bertz CT molecular complexity index is 1090. The summed E-state index contributed by atoms with van der Waals surface area (Å²) in [5.74, 6) is 1.74. The van der Waals surface area contributed by atoms with Gasteiger partial charge in [0.05, 0.1) is 0 Å². The van der Waals surface area contributed by atoms with Crippen molar-refractivity contribution in [2.24, 2.45) is 17.8 Å². The Balaban J connectivity index is 4.28. The highest BCUT2D eigenvalue weighted by Gasteiger charge is 2.19. The maximum atomic E-state index is 12.9. The predicted molar refractivity (Wildman–Crippen MR) is 303 cm³/mol. The van der Waals surface area contributed by atoms with E-state index in [1.807, 2.05) is 0 Å². The van der Waals surface area contributed by atoms with Crippen molar-refractivity contribution < 1.29 is 28.6 Å². The number of carbonyl (C=O) groups excluding carboxylic acids is 3. The van der Waals surface area contributed by atoms with Crippen molar-refractivity contribution >= 4 is 17.9 Å². The molecular weight excluding hydrogens is 865 g/mol. The normalized spacial score (nSPS) is 12.5. The Morgan fingerprint density at radius 2 is 0.500 bits per heavy atom. The lowest BCUT2D eigenvalue weighted by atomic mass is 9.99. The van der Waals surface area contributed by atoms with Crippen LogP contribution in [0.15, 0.2) is 0 Å². The molecule has 0 heterocycles. The summed E-state index contributed by atoms with van der Waals surface area (Å²) in [6, 6.07) is 0. The highest BCUT2D eigenvalue weighted by Crippen LogP contribution is 2.19. The van der Waals surface area contributed by atoms with Crippen LogP contribution in [0.4, 0.5) is 0 Å². The molecule has 70 heavy (non-hydrogen) atoms. The number of unbranched alkanes of at least 4 members (excludes halogenated alkanes) is 39. The number of carbonyl (C=O) groups is 3. The van der Waals surface area contributed by atoms with E-state index in [-0.39, 0.29) is 31.1 Å². The largest absolute Gasteiger partial charge is 0.462 e. The van der Waals surface area contributed by atoms with Gasteiger partial charge in [-0.05, 0) is 37.0 Å². The van der Waals surface area contributed by atoms with Crippen LogP contribution < -0.4 is 0 Å². The van der Waals surface area contributed by atoms with E-state index in [1.54, 1.807) is 0 Å². The van der Waals surface area contributed by atoms with E-state index in [0.717, 1.165) is 75.5 Å². The molecule has 1 unspecified atom stereocenters. The number of rotatable bonds is 57. The van der Waals surface area contributed by atoms with Crippen molar-refractivity contribution in [2.45, 2.75) is 362 Å². The first-order chi connectivity index (χ1) is 34.1. The SMILES string of the molecule is CCC(C)CCCCCCCCCCCCC(=O)OC[C@@H](COC(=O)CCCCCCCCCCCCCCCCC(C)C)OC(=O)CCCCCCCCCCCCCCCCCCCCC(C)C. The van der Waals surface area contributed by atoms with E-state index < -0.39 is 6.10 Å². The molecule has 0 amide bonds. The Morgan fingerprint density at radius 1 is 0.286 bits per heavy atom. The van der Waals surface area contributed by atoms with Gasteiger partial charge in [0.2, 0.25) is 0 Å². The average Bonchev–Trinajstić information content (AvgIpc) is 3.33. The molecule has 0 saturated carbocycles. The lowest BCUT2D eigenvalue weighted by molar-refractivity contribution is -0.167. The zero-order valence-electron chi connectivity index (χ0n) is 48.3. The molecule has 0 saturated heterocycles. The summed E-state index contributed by atoms with van der Waals surface area (Å²) in [6.07, 6.45) is 59.5. The Labute approximate surface area is 438 Å². The van der Waals surface area contributed by atoms with Crippen molar-refractivity contribution in [1.82, 2.24) is 0 Å². The highest BCUT2D eigenvalue weighted by molar-refractivity contribution is 5.71. The van der Waals surface area contributed by atoms with Crippen LogP contribution in [-0.4, -0.2) is 37.2 Å². The molecule has 6 nitrogen and oxygen atoms in total. The summed E-state index contributed by atoms with van der Waals surface area (Å²) in [6.45, 7) is 13.8. The minimum Gasteiger partial charge on any atom is -0.462 e. The summed E-state index contributed by atoms with van der Waals surface area (Å²) in [7, 11) is 0. The van der Waals surface area contributed by atoms with Crippen LogP contribution in [0.2, 0.25) is 0 Å². The predicted octanol–water partition coefficient (Wildman–Crippen LogP) is 21.1. The van der Waals surface area contributed by atoms with Crippen LogP contribution in [0.25, 0.3) is 0 Å². The van der Waals surface area contributed by atoms with Gasteiger partial charge in [-0.1, -0.05) is 318 Å². The smallest absolute Gasteiger partial charge is 0.306 e. The maximum Gasteiger partial charge on any atom is 0.306 e. The lowest BCUT2D eigenvalue weighted by Gasteiger charge is -2.18. The fourth-order valence-corrected chi connectivity index (χ4v) is 9.85. The van der Waals surface area contributed by atoms with Crippen molar-refractivity contribution in [1.29, 1.82) is 0 Å². The molecule has 0 bridgehead atoms.